The number of benzene rings is 2. The van der Waals surface area contributed by atoms with Crippen LogP contribution in [0.5, 0.6) is 0 Å². The molecule has 1 aromatic heterocycles. The summed E-state index contributed by atoms with van der Waals surface area (Å²) in [4.78, 5) is 4.21. The molecule has 37 heavy (non-hydrogen) atoms. The zero-order chi connectivity index (χ0) is 26.6. The van der Waals surface area contributed by atoms with Gasteiger partial charge in [0, 0.05) is 23.7 Å². The molecule has 0 bridgehead atoms. The van der Waals surface area contributed by atoms with E-state index < -0.39 is 44.5 Å². The van der Waals surface area contributed by atoms with E-state index in [1.807, 2.05) is 6.07 Å². The van der Waals surface area contributed by atoms with Gasteiger partial charge in [-0.05, 0) is 57.2 Å². The van der Waals surface area contributed by atoms with E-state index in [4.69, 9.17) is 0 Å². The molecule has 2 aromatic carbocycles. The monoisotopic (exact) mass is 532 g/mol. The van der Waals surface area contributed by atoms with Gasteiger partial charge in [0.15, 0.2) is 5.82 Å². The van der Waals surface area contributed by atoms with E-state index >= 15 is 8.78 Å². The number of nitrogens with zero attached hydrogens (tertiary/aromatic N) is 3. The number of aromatic amines is 1. The number of H-pyrrole nitrogens is 1. The highest BCUT2D eigenvalue weighted by Crippen LogP contribution is 2.54. The molecule has 1 saturated heterocycles. The van der Waals surface area contributed by atoms with E-state index in [1.54, 1.807) is 38.1 Å². The van der Waals surface area contributed by atoms with Crippen molar-refractivity contribution in [3.63, 3.8) is 0 Å². The van der Waals surface area contributed by atoms with Crippen LogP contribution in [0.1, 0.15) is 73.1 Å². The van der Waals surface area contributed by atoms with Crippen molar-refractivity contribution in [3.05, 3.63) is 82.4 Å². The van der Waals surface area contributed by atoms with E-state index in [0.717, 1.165) is 12.1 Å². The van der Waals surface area contributed by atoms with Gasteiger partial charge in [-0.2, -0.15) is 9.40 Å². The fraction of sp³-hybridized carbons (Fsp3) is 0.462. The standard InChI is InChI=1S/C26H30F2N4O4S/c1-16-8-9-22(17-6-4-3-5-7-17)37(35,36)32(16)12-18-10-21(28)19(11-20(18)27)26(14-25(2,34)15-26)24-29-23(13-33)30-31-24/h3-7,10-11,16,22,33-34H,8-9,12-15H2,1-2H3,(H,29,30,31)/t16-,22+,25-,26-/m0/s1. The fourth-order valence-corrected chi connectivity index (χ4v) is 8.10. The second-order valence-electron chi connectivity index (χ2n) is 10.5. The first-order valence-corrected chi connectivity index (χ1v) is 13.8. The summed E-state index contributed by atoms with van der Waals surface area (Å²) in [6.45, 7) is 2.65. The Balaban J connectivity index is 1.49. The molecule has 2 heterocycles. The second-order valence-corrected chi connectivity index (χ2v) is 12.6. The topological polar surface area (TPSA) is 119 Å². The molecule has 1 aliphatic heterocycles. The third kappa shape index (κ3) is 4.47. The molecule has 2 aliphatic rings. The second kappa shape index (κ2) is 9.23. The summed E-state index contributed by atoms with van der Waals surface area (Å²) in [7, 11) is -3.82. The molecular formula is C26H30F2N4O4S. The minimum Gasteiger partial charge on any atom is -0.390 e. The van der Waals surface area contributed by atoms with Crippen LogP contribution >= 0.6 is 0 Å². The molecule has 8 nitrogen and oxygen atoms in total. The summed E-state index contributed by atoms with van der Waals surface area (Å²) in [6, 6.07) is 10.7. The first-order valence-electron chi connectivity index (χ1n) is 12.3. The number of halogens is 2. The molecule has 1 saturated carbocycles. The predicted molar refractivity (Wildman–Crippen MR) is 132 cm³/mol. The Hall–Kier alpha value is -2.73. The van der Waals surface area contributed by atoms with E-state index in [0.29, 0.717) is 18.4 Å². The molecular weight excluding hydrogens is 502 g/mol. The van der Waals surface area contributed by atoms with Crippen LogP contribution < -0.4 is 0 Å². The average molecular weight is 533 g/mol. The predicted octanol–water partition coefficient (Wildman–Crippen LogP) is 3.46. The summed E-state index contributed by atoms with van der Waals surface area (Å²) in [5.41, 5.74) is -1.67. The average Bonchev–Trinajstić information content (AvgIpc) is 3.32. The Kier molecular flexibility index (Phi) is 6.46. The molecule has 0 radical (unpaired) electrons. The zero-order valence-corrected chi connectivity index (χ0v) is 21.5. The van der Waals surface area contributed by atoms with Crippen LogP contribution in [-0.2, 0) is 28.6 Å². The van der Waals surface area contributed by atoms with Gasteiger partial charge in [-0.1, -0.05) is 30.3 Å². The Bertz CT molecular complexity index is 1400. The molecule has 11 heteroatoms. The summed E-state index contributed by atoms with van der Waals surface area (Å²) < 4.78 is 59.5. The van der Waals surface area contributed by atoms with Gasteiger partial charge < -0.3 is 10.2 Å². The van der Waals surface area contributed by atoms with Gasteiger partial charge in [0.25, 0.3) is 0 Å². The van der Waals surface area contributed by atoms with E-state index in [9.17, 15) is 18.6 Å². The fourth-order valence-electron chi connectivity index (χ4n) is 5.91. The lowest BCUT2D eigenvalue weighted by Gasteiger charge is -2.50. The maximum Gasteiger partial charge on any atom is 0.221 e. The third-order valence-electron chi connectivity index (χ3n) is 7.67. The van der Waals surface area contributed by atoms with E-state index in [-0.39, 0.29) is 48.2 Å². The lowest BCUT2D eigenvalue weighted by Crippen LogP contribution is -2.54. The van der Waals surface area contributed by atoms with Crippen molar-refractivity contribution in [2.75, 3.05) is 0 Å². The molecule has 0 spiro atoms. The number of hydrogen-bond donors (Lipinski definition) is 3. The van der Waals surface area contributed by atoms with Crippen molar-refractivity contribution in [2.24, 2.45) is 0 Å². The maximum atomic E-state index is 15.6. The summed E-state index contributed by atoms with van der Waals surface area (Å²) in [5, 5.41) is 25.7. The van der Waals surface area contributed by atoms with Crippen LogP contribution in [0.15, 0.2) is 42.5 Å². The van der Waals surface area contributed by atoms with Crippen molar-refractivity contribution in [1.29, 1.82) is 0 Å². The van der Waals surface area contributed by atoms with Crippen molar-refractivity contribution in [1.82, 2.24) is 19.5 Å². The Morgan fingerprint density at radius 3 is 2.46 bits per heavy atom. The SMILES string of the molecule is C[C@H]1CC[C@H](c2ccccc2)S(=O)(=O)N1Cc1cc(F)c([C@]2(c3nc(CO)n[nH]3)C[C@](C)(O)C2)cc1F. The van der Waals surface area contributed by atoms with E-state index in [2.05, 4.69) is 15.2 Å². The van der Waals surface area contributed by atoms with Crippen molar-refractivity contribution < 1.29 is 27.4 Å². The molecule has 3 N–H and O–H groups in total. The summed E-state index contributed by atoms with van der Waals surface area (Å²) in [5.74, 6) is -1.13. The Morgan fingerprint density at radius 1 is 1.14 bits per heavy atom. The Labute approximate surface area is 214 Å². The quantitative estimate of drug-likeness (QED) is 0.447. The largest absolute Gasteiger partial charge is 0.390 e. The highest BCUT2D eigenvalue weighted by atomic mass is 32.2. The van der Waals surface area contributed by atoms with Crippen molar-refractivity contribution >= 4 is 10.0 Å². The van der Waals surface area contributed by atoms with Gasteiger partial charge in [0.1, 0.15) is 29.3 Å². The Morgan fingerprint density at radius 2 is 1.84 bits per heavy atom. The minimum atomic E-state index is -3.82. The molecule has 1 aliphatic carbocycles. The number of sulfonamides is 1. The highest BCUT2D eigenvalue weighted by Gasteiger charge is 2.56. The van der Waals surface area contributed by atoms with Crippen LogP contribution in [0, 0.1) is 11.6 Å². The van der Waals surface area contributed by atoms with Crippen LogP contribution in [-0.4, -0.2) is 49.8 Å². The molecule has 198 valence electrons. The molecule has 0 unspecified atom stereocenters. The van der Waals surface area contributed by atoms with Gasteiger partial charge in [-0.25, -0.2) is 22.2 Å². The molecule has 2 atom stereocenters. The summed E-state index contributed by atoms with van der Waals surface area (Å²) >= 11 is 0. The van der Waals surface area contributed by atoms with Gasteiger partial charge in [-0.3, -0.25) is 5.10 Å². The van der Waals surface area contributed by atoms with Crippen LogP contribution in [0.4, 0.5) is 8.78 Å². The van der Waals surface area contributed by atoms with Gasteiger partial charge >= 0.3 is 0 Å². The van der Waals surface area contributed by atoms with Crippen LogP contribution in [0.2, 0.25) is 0 Å². The molecule has 5 rings (SSSR count). The van der Waals surface area contributed by atoms with Gasteiger partial charge in [0.2, 0.25) is 10.0 Å². The van der Waals surface area contributed by atoms with Gasteiger partial charge in [-0.15, -0.1) is 0 Å². The number of aromatic nitrogens is 3. The summed E-state index contributed by atoms with van der Waals surface area (Å²) in [6.07, 6.45) is 1.20. The first kappa shape index (κ1) is 25.9. The zero-order valence-electron chi connectivity index (χ0n) is 20.7. The molecule has 3 aromatic rings. The minimum absolute atomic E-state index is 0.00220. The van der Waals surface area contributed by atoms with Gasteiger partial charge in [0.05, 0.1) is 11.0 Å². The van der Waals surface area contributed by atoms with Crippen LogP contribution in [0.25, 0.3) is 0 Å². The number of aliphatic hydroxyl groups excluding tert-OH is 1. The van der Waals surface area contributed by atoms with Crippen molar-refractivity contribution in [3.8, 4) is 0 Å². The lowest BCUT2D eigenvalue weighted by atomic mass is 9.56. The third-order valence-corrected chi connectivity index (χ3v) is 10.0. The molecule has 2 fully saturated rings. The van der Waals surface area contributed by atoms with E-state index in [1.165, 1.54) is 4.31 Å². The number of hydrogen-bond acceptors (Lipinski definition) is 6. The maximum absolute atomic E-state index is 15.6. The number of nitrogens with one attached hydrogen (secondary N) is 1. The number of aliphatic hydroxyl groups is 2. The molecule has 0 amide bonds. The first-order chi connectivity index (χ1) is 17.5. The number of rotatable bonds is 6. The highest BCUT2D eigenvalue weighted by molar-refractivity contribution is 7.89. The smallest absolute Gasteiger partial charge is 0.221 e. The lowest BCUT2D eigenvalue weighted by molar-refractivity contribution is -0.0648. The normalized spacial score (nSPS) is 29.7. The van der Waals surface area contributed by atoms with Crippen LogP contribution in [0.3, 0.4) is 0 Å². The van der Waals surface area contributed by atoms with Crippen molar-refractivity contribution in [2.45, 2.75) is 75.0 Å².